The Labute approximate surface area is 179 Å². The number of carbonyl (C=O) groups is 1. The van der Waals surface area contributed by atoms with Crippen molar-refractivity contribution < 1.29 is 38.5 Å². The number of amides is 1. The summed E-state index contributed by atoms with van der Waals surface area (Å²) in [7, 11) is -5.18. The van der Waals surface area contributed by atoms with Gasteiger partial charge < -0.3 is 30.1 Å². The third-order valence-corrected chi connectivity index (χ3v) is 5.46. The van der Waals surface area contributed by atoms with Crippen molar-refractivity contribution in [3.8, 4) is 0 Å². The molecule has 168 valence electrons. The molecule has 1 fully saturated rings. The molecule has 12 nitrogen and oxygen atoms in total. The third kappa shape index (κ3) is 4.17. The van der Waals surface area contributed by atoms with Gasteiger partial charge in [-0.05, 0) is 18.2 Å². The molecule has 1 amide bonds. The number of aliphatic hydroxyl groups excluding tert-OH is 2. The highest BCUT2D eigenvalue weighted by Gasteiger charge is 2.44. The van der Waals surface area contributed by atoms with E-state index >= 15 is 0 Å². The first-order chi connectivity index (χ1) is 15.2. The van der Waals surface area contributed by atoms with Gasteiger partial charge in [-0.3, -0.25) is 13.9 Å². The van der Waals surface area contributed by atoms with Gasteiger partial charge in [-0.1, -0.05) is 18.2 Å². The topological polar surface area (TPSA) is 180 Å². The summed E-state index contributed by atoms with van der Waals surface area (Å²) in [5, 5.41) is 23.1. The van der Waals surface area contributed by atoms with E-state index < -0.39 is 43.6 Å². The van der Waals surface area contributed by atoms with E-state index in [1.807, 2.05) is 0 Å². The Morgan fingerprint density at radius 3 is 2.56 bits per heavy atom. The Kier molecular flexibility index (Phi) is 5.86. The maximum atomic E-state index is 13.6. The van der Waals surface area contributed by atoms with Crippen LogP contribution in [0.15, 0.2) is 54.6 Å². The summed E-state index contributed by atoms with van der Waals surface area (Å²) in [6.07, 6.45) is -3.38. The predicted octanol–water partition coefficient (Wildman–Crippen LogP) is 0.686. The number of fused-ring (bicyclic) bond motifs is 1. The first-order valence-corrected chi connectivity index (χ1v) is 10.8. The van der Waals surface area contributed by atoms with E-state index in [1.54, 1.807) is 30.3 Å². The lowest BCUT2D eigenvalue weighted by Gasteiger charge is -2.16. The quantitative estimate of drug-likeness (QED) is 0.336. The number of ether oxygens (including phenoxy) is 1. The van der Waals surface area contributed by atoms with Crippen molar-refractivity contribution in [1.29, 1.82) is 0 Å². The number of imidazole rings is 1. The lowest BCUT2D eigenvalue weighted by atomic mass is 10.1. The fourth-order valence-electron chi connectivity index (χ4n) is 3.18. The Hall–Kier alpha value is -3.06. The first-order valence-electron chi connectivity index (χ1n) is 9.16. The number of aromatic nitrogens is 4. The van der Waals surface area contributed by atoms with Crippen LogP contribution in [-0.2, 0) is 9.30 Å². The zero-order chi connectivity index (χ0) is 23.0. The van der Waals surface area contributed by atoms with Crippen LogP contribution in [0.2, 0.25) is 0 Å². The summed E-state index contributed by atoms with van der Waals surface area (Å²) in [5.41, 5.74) is -1.13. The molecule has 1 aliphatic heterocycles. The van der Waals surface area contributed by atoms with Gasteiger partial charge in [0, 0.05) is 5.56 Å². The van der Waals surface area contributed by atoms with Crippen LogP contribution >= 0.6 is 7.60 Å². The van der Waals surface area contributed by atoms with Crippen LogP contribution in [0.4, 0.5) is 10.2 Å². The smallest absolute Gasteiger partial charge is 0.384 e. The molecule has 0 radical (unpaired) electrons. The molecule has 3 heterocycles. The molecule has 3 aromatic rings. The highest BCUT2D eigenvalue weighted by Crippen LogP contribution is 2.47. The number of rotatable bonds is 5. The van der Waals surface area contributed by atoms with E-state index in [-0.39, 0.29) is 17.0 Å². The molecule has 1 aromatic carbocycles. The normalized spacial score (nSPS) is 24.1. The minimum Gasteiger partial charge on any atom is -0.387 e. The summed E-state index contributed by atoms with van der Waals surface area (Å²) < 4.78 is 31.3. The Morgan fingerprint density at radius 2 is 1.88 bits per heavy atom. The van der Waals surface area contributed by atoms with Gasteiger partial charge in [0.1, 0.15) is 24.6 Å². The lowest BCUT2D eigenvalue weighted by Crippen LogP contribution is -2.30. The summed E-state index contributed by atoms with van der Waals surface area (Å²) >= 11 is 0. The molecule has 4 atom stereocenters. The van der Waals surface area contributed by atoms with Gasteiger partial charge in [0.25, 0.3) is 5.91 Å². The van der Waals surface area contributed by atoms with E-state index in [4.69, 9.17) is 14.5 Å². The van der Waals surface area contributed by atoms with E-state index in [0.717, 1.165) is 6.33 Å². The molecule has 2 aromatic heterocycles. The molecule has 4 rings (SSSR count). The summed E-state index contributed by atoms with van der Waals surface area (Å²) in [4.78, 5) is 42.4. The van der Waals surface area contributed by atoms with E-state index in [9.17, 15) is 24.0 Å². The van der Waals surface area contributed by atoms with Crippen molar-refractivity contribution >= 4 is 30.5 Å². The van der Waals surface area contributed by atoms with Crippen LogP contribution in [0.1, 0.15) is 16.6 Å². The van der Waals surface area contributed by atoms with Crippen molar-refractivity contribution in [3.05, 3.63) is 60.2 Å². The second-order valence-corrected chi connectivity index (χ2v) is 8.39. The summed E-state index contributed by atoms with van der Waals surface area (Å²) in [6.45, 7) is 0. The van der Waals surface area contributed by atoms with Crippen molar-refractivity contribution in [3.63, 3.8) is 0 Å². The molecular formula is C18H17FN5O7P. The van der Waals surface area contributed by atoms with Gasteiger partial charge >= 0.3 is 7.60 Å². The number of carbonyl (C=O) groups excluding carboxylic acids is 1. The van der Waals surface area contributed by atoms with Crippen molar-refractivity contribution in [2.45, 2.75) is 24.5 Å². The van der Waals surface area contributed by atoms with E-state index in [1.165, 1.54) is 10.9 Å². The fraction of sp³-hybridized carbons (Fsp3) is 0.222. The van der Waals surface area contributed by atoms with Gasteiger partial charge in [0.05, 0.1) is 6.33 Å². The molecule has 32 heavy (non-hydrogen) atoms. The van der Waals surface area contributed by atoms with Gasteiger partial charge in [-0.25, -0.2) is 15.0 Å². The summed E-state index contributed by atoms with van der Waals surface area (Å²) in [6, 6.07) is 8.38. The van der Waals surface area contributed by atoms with Gasteiger partial charge in [0.15, 0.2) is 23.2 Å². The maximum Gasteiger partial charge on any atom is 0.384 e. The maximum absolute atomic E-state index is 13.6. The van der Waals surface area contributed by atoms with Crippen LogP contribution in [0.3, 0.4) is 0 Å². The molecule has 0 aliphatic carbocycles. The number of nitrogens with zero attached hydrogens (tertiary/aromatic N) is 4. The van der Waals surface area contributed by atoms with Crippen LogP contribution in [0, 0.1) is 0 Å². The van der Waals surface area contributed by atoms with E-state index in [0.29, 0.717) is 11.6 Å². The molecule has 0 saturated carbocycles. The lowest BCUT2D eigenvalue weighted by molar-refractivity contribution is -0.0246. The molecule has 14 heteroatoms. The number of aliphatic hydroxyl groups is 2. The SMILES string of the molecule is O=C(Nc1ncnc2c1ncn2[C@@H]1O[C@H](/C=C(\F)P(=O)(O)O)[C@@H](O)[C@H]1O)c1ccccc1. The number of benzene rings is 1. The first kappa shape index (κ1) is 22.1. The average Bonchev–Trinajstić information content (AvgIpc) is 3.31. The number of hydrogen-bond acceptors (Lipinski definition) is 8. The predicted molar refractivity (Wildman–Crippen MR) is 107 cm³/mol. The van der Waals surface area contributed by atoms with Crippen LogP contribution in [0.25, 0.3) is 11.2 Å². The Morgan fingerprint density at radius 1 is 1.16 bits per heavy atom. The van der Waals surface area contributed by atoms with Crippen LogP contribution in [0.5, 0.6) is 0 Å². The van der Waals surface area contributed by atoms with Gasteiger partial charge in [0.2, 0.25) is 5.57 Å². The second-order valence-electron chi connectivity index (χ2n) is 6.87. The average molecular weight is 465 g/mol. The third-order valence-electron chi connectivity index (χ3n) is 4.76. The van der Waals surface area contributed by atoms with E-state index in [2.05, 4.69) is 20.3 Å². The minimum absolute atomic E-state index is 0.0830. The summed E-state index contributed by atoms with van der Waals surface area (Å²) in [5.74, 6) is -0.356. The monoisotopic (exact) mass is 465 g/mol. The highest BCUT2D eigenvalue weighted by molar-refractivity contribution is 7.56. The number of nitrogens with one attached hydrogen (secondary N) is 1. The molecule has 0 spiro atoms. The molecule has 0 bridgehead atoms. The van der Waals surface area contributed by atoms with Gasteiger partial charge in [-0.2, -0.15) is 4.39 Å². The number of anilines is 1. The zero-order valence-electron chi connectivity index (χ0n) is 16.1. The second kappa shape index (κ2) is 8.47. The highest BCUT2D eigenvalue weighted by atomic mass is 31.2. The molecular weight excluding hydrogens is 448 g/mol. The zero-order valence-corrected chi connectivity index (χ0v) is 17.0. The molecule has 5 N–H and O–H groups in total. The van der Waals surface area contributed by atoms with Crippen LogP contribution < -0.4 is 5.32 Å². The standard InChI is InChI=1S/C18H17FN5O7P/c19-11(32(28,29)30)6-10-13(25)14(26)18(31-10)24-8-22-12-15(20-7-21-16(12)24)23-17(27)9-4-2-1-3-5-9/h1-8,10,13-14,18,25-26H,(H2,28,29,30)(H,20,21,23,27)/b11-6+/t10-,13-,14-,18-/m1/s1. The van der Waals surface area contributed by atoms with Crippen LogP contribution in [-0.4, -0.2) is 63.7 Å². The Bertz CT molecular complexity index is 1230. The fourth-order valence-corrected chi connectivity index (χ4v) is 3.53. The largest absolute Gasteiger partial charge is 0.387 e. The molecule has 0 unspecified atom stereocenters. The number of hydrogen-bond donors (Lipinski definition) is 5. The van der Waals surface area contributed by atoms with Gasteiger partial charge in [-0.15, -0.1) is 0 Å². The van der Waals surface area contributed by atoms with Crippen molar-refractivity contribution in [2.75, 3.05) is 5.32 Å². The molecule has 1 aliphatic rings. The Balaban J connectivity index is 1.63. The minimum atomic E-state index is -5.18. The number of halogens is 1. The molecule has 1 saturated heterocycles. The van der Waals surface area contributed by atoms with Crippen molar-refractivity contribution in [2.24, 2.45) is 0 Å². The van der Waals surface area contributed by atoms with Crippen molar-refractivity contribution in [1.82, 2.24) is 19.5 Å².